The molecule has 1 aromatic rings. The fourth-order valence-electron chi connectivity index (χ4n) is 0.917. The van der Waals surface area contributed by atoms with Gasteiger partial charge in [0.05, 0.1) is 12.8 Å². The van der Waals surface area contributed by atoms with Gasteiger partial charge in [-0.1, -0.05) is 6.07 Å². The van der Waals surface area contributed by atoms with Gasteiger partial charge in [0.25, 0.3) is 0 Å². The average molecular weight is 216 g/mol. The summed E-state index contributed by atoms with van der Waals surface area (Å²) in [5.74, 6) is 0.849. The van der Waals surface area contributed by atoms with Crippen LogP contribution >= 0.6 is 15.9 Å². The summed E-state index contributed by atoms with van der Waals surface area (Å²) in [5, 5.41) is 3.04. The van der Waals surface area contributed by atoms with E-state index < -0.39 is 0 Å². The van der Waals surface area contributed by atoms with Crippen molar-refractivity contribution in [1.82, 2.24) is 0 Å². The highest BCUT2D eigenvalue weighted by molar-refractivity contribution is 9.10. The van der Waals surface area contributed by atoms with Gasteiger partial charge in [-0.2, -0.15) is 0 Å². The highest BCUT2D eigenvalue weighted by Gasteiger charge is 2.02. The van der Waals surface area contributed by atoms with Crippen LogP contribution in [-0.2, 0) is 0 Å². The third kappa shape index (κ3) is 1.66. The van der Waals surface area contributed by atoms with E-state index in [1.807, 2.05) is 25.2 Å². The minimum Gasteiger partial charge on any atom is -0.495 e. The van der Waals surface area contributed by atoms with Crippen molar-refractivity contribution in [1.29, 1.82) is 0 Å². The molecule has 0 saturated carbocycles. The van der Waals surface area contributed by atoms with Crippen molar-refractivity contribution in [3.05, 3.63) is 22.7 Å². The molecule has 2 nitrogen and oxygen atoms in total. The van der Waals surface area contributed by atoms with E-state index in [1.165, 1.54) is 0 Å². The lowest BCUT2D eigenvalue weighted by Gasteiger charge is -2.08. The number of rotatable bonds is 2. The Bertz CT molecular complexity index is 250. The van der Waals surface area contributed by atoms with Crippen LogP contribution < -0.4 is 10.1 Å². The third-order valence-corrected chi connectivity index (χ3v) is 2.11. The molecule has 3 heteroatoms. The number of ether oxygens (including phenoxy) is 1. The zero-order valence-electron chi connectivity index (χ0n) is 6.52. The van der Waals surface area contributed by atoms with Gasteiger partial charge >= 0.3 is 0 Å². The second-order valence-corrected chi connectivity index (χ2v) is 2.92. The molecule has 0 aliphatic carbocycles. The van der Waals surface area contributed by atoms with Crippen LogP contribution in [0.25, 0.3) is 0 Å². The number of nitrogens with one attached hydrogen (secondary N) is 1. The van der Waals surface area contributed by atoms with Gasteiger partial charge in [-0.05, 0) is 28.1 Å². The monoisotopic (exact) mass is 215 g/mol. The molecule has 0 aromatic heterocycles. The molecule has 0 unspecified atom stereocenters. The highest BCUT2D eigenvalue weighted by atomic mass is 79.9. The first-order valence-corrected chi connectivity index (χ1v) is 4.09. The lowest BCUT2D eigenvalue weighted by molar-refractivity contribution is 0.416. The van der Waals surface area contributed by atoms with Crippen molar-refractivity contribution < 1.29 is 4.74 Å². The summed E-state index contributed by atoms with van der Waals surface area (Å²) < 4.78 is 6.14. The van der Waals surface area contributed by atoms with Crippen LogP contribution in [0, 0.1) is 0 Å². The highest BCUT2D eigenvalue weighted by Crippen LogP contribution is 2.31. The Balaban J connectivity index is 3.13. The van der Waals surface area contributed by atoms with E-state index in [9.17, 15) is 0 Å². The first kappa shape index (κ1) is 8.40. The maximum absolute atomic E-state index is 5.12. The number of methoxy groups -OCH3 is 1. The van der Waals surface area contributed by atoms with Crippen LogP contribution in [0.1, 0.15) is 0 Å². The van der Waals surface area contributed by atoms with Gasteiger partial charge in [-0.15, -0.1) is 0 Å². The van der Waals surface area contributed by atoms with Gasteiger partial charge in [0.2, 0.25) is 0 Å². The summed E-state index contributed by atoms with van der Waals surface area (Å²) in [6, 6.07) is 5.81. The molecular weight excluding hydrogens is 206 g/mol. The molecule has 60 valence electrons. The molecule has 1 N–H and O–H groups in total. The molecule has 11 heavy (non-hydrogen) atoms. The standard InChI is InChI=1S/C8H10BrNO/c1-10-8-6(9)4-3-5-7(8)11-2/h3-5,10H,1-2H3. The van der Waals surface area contributed by atoms with E-state index in [0.717, 1.165) is 15.9 Å². The molecule has 0 radical (unpaired) electrons. The van der Waals surface area contributed by atoms with Crippen molar-refractivity contribution in [3.63, 3.8) is 0 Å². The Morgan fingerprint density at radius 1 is 1.45 bits per heavy atom. The minimum absolute atomic E-state index is 0.849. The largest absolute Gasteiger partial charge is 0.495 e. The van der Waals surface area contributed by atoms with Crippen molar-refractivity contribution in [2.45, 2.75) is 0 Å². The summed E-state index contributed by atoms with van der Waals surface area (Å²) >= 11 is 3.41. The van der Waals surface area contributed by atoms with Crippen LogP contribution in [-0.4, -0.2) is 14.2 Å². The van der Waals surface area contributed by atoms with Gasteiger partial charge < -0.3 is 10.1 Å². The maximum Gasteiger partial charge on any atom is 0.143 e. The summed E-state index contributed by atoms with van der Waals surface area (Å²) in [4.78, 5) is 0. The van der Waals surface area contributed by atoms with Crippen LogP contribution in [0.4, 0.5) is 5.69 Å². The molecule has 0 bridgehead atoms. The van der Waals surface area contributed by atoms with Crippen molar-refractivity contribution in [2.75, 3.05) is 19.5 Å². The second kappa shape index (κ2) is 3.62. The van der Waals surface area contributed by atoms with Crippen molar-refractivity contribution >= 4 is 21.6 Å². The second-order valence-electron chi connectivity index (χ2n) is 2.07. The summed E-state index contributed by atoms with van der Waals surface area (Å²) in [7, 11) is 3.52. The lowest BCUT2D eigenvalue weighted by Crippen LogP contribution is -1.93. The van der Waals surface area contributed by atoms with Gasteiger partial charge in [0.1, 0.15) is 5.75 Å². The van der Waals surface area contributed by atoms with Crippen molar-refractivity contribution in [2.24, 2.45) is 0 Å². The number of para-hydroxylation sites is 1. The Kier molecular flexibility index (Phi) is 2.76. The first-order chi connectivity index (χ1) is 5.29. The van der Waals surface area contributed by atoms with E-state index in [1.54, 1.807) is 7.11 Å². The van der Waals surface area contributed by atoms with Gasteiger partial charge in [0, 0.05) is 11.5 Å². The topological polar surface area (TPSA) is 21.3 Å². The molecule has 1 aromatic carbocycles. The summed E-state index contributed by atoms with van der Waals surface area (Å²) in [5.41, 5.74) is 0.981. The molecular formula is C8H10BrNO. The zero-order chi connectivity index (χ0) is 8.27. The SMILES string of the molecule is CNc1c(Br)cccc1OC. The number of halogens is 1. The molecule has 0 atom stereocenters. The van der Waals surface area contributed by atoms with E-state index in [0.29, 0.717) is 0 Å². The molecule has 0 heterocycles. The predicted molar refractivity (Wildman–Crippen MR) is 50.2 cm³/mol. The van der Waals surface area contributed by atoms with Crippen LogP contribution in [0.2, 0.25) is 0 Å². The smallest absolute Gasteiger partial charge is 0.143 e. The van der Waals surface area contributed by atoms with E-state index in [4.69, 9.17) is 4.74 Å². The van der Waals surface area contributed by atoms with Gasteiger partial charge in [-0.25, -0.2) is 0 Å². The van der Waals surface area contributed by atoms with E-state index in [2.05, 4.69) is 21.2 Å². The maximum atomic E-state index is 5.12. The molecule has 0 saturated heterocycles. The molecule has 0 amide bonds. The van der Waals surface area contributed by atoms with E-state index in [-0.39, 0.29) is 0 Å². The van der Waals surface area contributed by atoms with Crippen molar-refractivity contribution in [3.8, 4) is 5.75 Å². The molecule has 0 aliphatic heterocycles. The number of benzene rings is 1. The van der Waals surface area contributed by atoms with Crippen LogP contribution in [0.3, 0.4) is 0 Å². The lowest BCUT2D eigenvalue weighted by atomic mass is 10.3. The summed E-state index contributed by atoms with van der Waals surface area (Å²) in [6.45, 7) is 0. The Hall–Kier alpha value is -0.700. The van der Waals surface area contributed by atoms with Crippen LogP contribution in [0.15, 0.2) is 22.7 Å². The molecule has 1 rings (SSSR count). The normalized spacial score (nSPS) is 9.36. The number of hydrogen-bond acceptors (Lipinski definition) is 2. The quantitative estimate of drug-likeness (QED) is 0.819. The minimum atomic E-state index is 0.849. The Morgan fingerprint density at radius 2 is 2.18 bits per heavy atom. The summed E-state index contributed by atoms with van der Waals surface area (Å²) in [6.07, 6.45) is 0. The molecule has 0 aliphatic rings. The fraction of sp³-hybridized carbons (Fsp3) is 0.250. The first-order valence-electron chi connectivity index (χ1n) is 3.30. The van der Waals surface area contributed by atoms with Gasteiger partial charge in [-0.3, -0.25) is 0 Å². The number of anilines is 1. The van der Waals surface area contributed by atoms with E-state index >= 15 is 0 Å². The molecule has 0 fully saturated rings. The molecule has 0 spiro atoms. The van der Waals surface area contributed by atoms with Crippen LogP contribution in [0.5, 0.6) is 5.75 Å². The fourth-order valence-corrected chi connectivity index (χ4v) is 1.46. The Morgan fingerprint density at radius 3 is 2.64 bits per heavy atom. The zero-order valence-corrected chi connectivity index (χ0v) is 8.10. The average Bonchev–Trinajstić information content (AvgIpc) is 2.04. The predicted octanol–water partition coefficient (Wildman–Crippen LogP) is 2.50. The van der Waals surface area contributed by atoms with Gasteiger partial charge in [0.15, 0.2) is 0 Å². The third-order valence-electron chi connectivity index (χ3n) is 1.45. The Labute approximate surface area is 74.7 Å². The number of hydrogen-bond donors (Lipinski definition) is 1.